The molecule has 0 aliphatic carbocycles. The molecule has 0 aromatic heterocycles. The molecule has 3 rings (SSSR count). The molecule has 0 bridgehead atoms. The molecule has 2 unspecified atom stereocenters. The van der Waals surface area contributed by atoms with Crippen molar-refractivity contribution < 1.29 is 5.11 Å². The van der Waals surface area contributed by atoms with Gasteiger partial charge in [0.15, 0.2) is 0 Å². The van der Waals surface area contributed by atoms with Crippen molar-refractivity contribution in [3.8, 4) is 11.1 Å². The molecule has 0 radical (unpaired) electrons. The molecule has 122 valence electrons. The average Bonchev–Trinajstić information content (AvgIpc) is 2.57. The molecular formula is C19H23ClN2O. The van der Waals surface area contributed by atoms with Crippen LogP contribution < -0.4 is 5.32 Å². The van der Waals surface area contributed by atoms with Crippen molar-refractivity contribution in [2.45, 2.75) is 25.6 Å². The van der Waals surface area contributed by atoms with Gasteiger partial charge in [-0.15, -0.1) is 0 Å². The maximum absolute atomic E-state index is 9.93. The number of halogens is 1. The van der Waals surface area contributed by atoms with Crippen LogP contribution in [0.25, 0.3) is 11.1 Å². The molecule has 1 aliphatic rings. The summed E-state index contributed by atoms with van der Waals surface area (Å²) in [6, 6.07) is 16.9. The Morgan fingerprint density at radius 3 is 2.35 bits per heavy atom. The molecule has 2 aromatic carbocycles. The molecule has 0 spiro atoms. The number of piperazine rings is 1. The van der Waals surface area contributed by atoms with E-state index in [0.29, 0.717) is 6.04 Å². The summed E-state index contributed by atoms with van der Waals surface area (Å²) in [7, 11) is 0. The molecule has 2 atom stereocenters. The fourth-order valence-corrected chi connectivity index (χ4v) is 3.33. The van der Waals surface area contributed by atoms with Crippen LogP contribution in [0, 0.1) is 0 Å². The van der Waals surface area contributed by atoms with Crippen molar-refractivity contribution in [1.82, 2.24) is 10.2 Å². The molecule has 2 N–H and O–H groups in total. The normalized spacial score (nSPS) is 20.4. The van der Waals surface area contributed by atoms with Crippen molar-refractivity contribution in [3.05, 3.63) is 59.1 Å². The Hall–Kier alpha value is -1.39. The summed E-state index contributed by atoms with van der Waals surface area (Å²) < 4.78 is 0. The summed E-state index contributed by atoms with van der Waals surface area (Å²) in [4.78, 5) is 2.17. The van der Waals surface area contributed by atoms with E-state index in [1.807, 2.05) is 31.2 Å². The van der Waals surface area contributed by atoms with Crippen LogP contribution in [0.3, 0.4) is 0 Å². The minimum Gasteiger partial charge on any atom is -0.379 e. The number of nitrogens with one attached hydrogen (secondary N) is 1. The zero-order valence-corrected chi connectivity index (χ0v) is 14.1. The predicted molar refractivity (Wildman–Crippen MR) is 95.6 cm³/mol. The summed E-state index contributed by atoms with van der Waals surface area (Å²) in [6.45, 7) is 4.61. The number of hydrogen-bond donors (Lipinski definition) is 2. The third-order valence-electron chi connectivity index (χ3n) is 4.48. The Kier molecular flexibility index (Phi) is 5.34. The first-order chi connectivity index (χ1) is 11.1. The minimum atomic E-state index is -0.393. The van der Waals surface area contributed by atoms with Crippen molar-refractivity contribution in [2.75, 3.05) is 19.6 Å². The number of aliphatic hydroxyl groups is 1. The van der Waals surface area contributed by atoms with Crippen LogP contribution in [-0.2, 0) is 6.42 Å². The van der Waals surface area contributed by atoms with Gasteiger partial charge < -0.3 is 10.4 Å². The molecule has 1 saturated heterocycles. The number of nitrogens with zero attached hydrogens (tertiary/aromatic N) is 1. The third-order valence-corrected chi connectivity index (χ3v) is 4.73. The van der Waals surface area contributed by atoms with E-state index in [1.165, 1.54) is 16.7 Å². The smallest absolute Gasteiger partial charge is 0.104 e. The first-order valence-corrected chi connectivity index (χ1v) is 8.51. The van der Waals surface area contributed by atoms with Gasteiger partial charge >= 0.3 is 0 Å². The van der Waals surface area contributed by atoms with Gasteiger partial charge in [-0.05, 0) is 42.2 Å². The van der Waals surface area contributed by atoms with Gasteiger partial charge in [-0.3, -0.25) is 4.90 Å². The van der Waals surface area contributed by atoms with Gasteiger partial charge in [0, 0.05) is 30.7 Å². The highest BCUT2D eigenvalue weighted by Gasteiger charge is 2.25. The van der Waals surface area contributed by atoms with E-state index in [4.69, 9.17) is 11.6 Å². The molecule has 2 aromatic rings. The number of aliphatic hydroxyl groups excluding tert-OH is 1. The van der Waals surface area contributed by atoms with Gasteiger partial charge in [0.25, 0.3) is 0 Å². The minimum absolute atomic E-state index is 0.338. The average molecular weight is 331 g/mol. The van der Waals surface area contributed by atoms with Crippen LogP contribution in [0.4, 0.5) is 0 Å². The lowest BCUT2D eigenvalue weighted by Crippen LogP contribution is -2.55. The zero-order chi connectivity index (χ0) is 16.2. The van der Waals surface area contributed by atoms with Crippen LogP contribution in [0.1, 0.15) is 12.5 Å². The van der Waals surface area contributed by atoms with E-state index < -0.39 is 6.23 Å². The lowest BCUT2D eigenvalue weighted by molar-refractivity contribution is -0.0219. The molecule has 4 heteroatoms. The van der Waals surface area contributed by atoms with Gasteiger partial charge in [0.1, 0.15) is 6.23 Å². The Morgan fingerprint density at radius 1 is 1.13 bits per heavy atom. The Labute approximate surface area is 142 Å². The van der Waals surface area contributed by atoms with Crippen molar-refractivity contribution in [3.63, 3.8) is 0 Å². The first kappa shape index (κ1) is 16.5. The van der Waals surface area contributed by atoms with Crippen LogP contribution in [0.15, 0.2) is 48.5 Å². The van der Waals surface area contributed by atoms with Gasteiger partial charge in [0.05, 0.1) is 0 Å². The van der Waals surface area contributed by atoms with E-state index >= 15 is 0 Å². The highest BCUT2D eigenvalue weighted by Crippen LogP contribution is 2.23. The van der Waals surface area contributed by atoms with Gasteiger partial charge in [0.2, 0.25) is 0 Å². The summed E-state index contributed by atoms with van der Waals surface area (Å²) in [5, 5.41) is 14.1. The largest absolute Gasteiger partial charge is 0.379 e. The van der Waals surface area contributed by atoms with Gasteiger partial charge in [-0.25, -0.2) is 0 Å². The highest BCUT2D eigenvalue weighted by atomic mass is 35.5. The summed E-state index contributed by atoms with van der Waals surface area (Å²) in [5.74, 6) is 0. The highest BCUT2D eigenvalue weighted by molar-refractivity contribution is 6.30. The van der Waals surface area contributed by atoms with E-state index in [-0.39, 0.29) is 0 Å². The maximum Gasteiger partial charge on any atom is 0.104 e. The Morgan fingerprint density at radius 2 is 1.74 bits per heavy atom. The first-order valence-electron chi connectivity index (χ1n) is 8.13. The van der Waals surface area contributed by atoms with Crippen LogP contribution in [-0.4, -0.2) is 41.9 Å². The second kappa shape index (κ2) is 7.45. The van der Waals surface area contributed by atoms with E-state index in [9.17, 15) is 5.11 Å². The predicted octanol–water partition coefficient (Wildman–Crippen LogP) is 3.16. The Balaban J connectivity index is 1.70. The molecule has 0 saturated carbocycles. The van der Waals surface area contributed by atoms with Crippen molar-refractivity contribution >= 4 is 11.6 Å². The topological polar surface area (TPSA) is 35.5 Å². The summed E-state index contributed by atoms with van der Waals surface area (Å²) >= 11 is 5.94. The van der Waals surface area contributed by atoms with Crippen LogP contribution >= 0.6 is 11.6 Å². The quantitative estimate of drug-likeness (QED) is 0.904. The molecular weight excluding hydrogens is 308 g/mol. The molecule has 1 fully saturated rings. The fourth-order valence-electron chi connectivity index (χ4n) is 3.21. The number of rotatable bonds is 4. The second-order valence-corrected chi connectivity index (χ2v) is 6.57. The Bertz CT molecular complexity index is 625. The third kappa shape index (κ3) is 4.12. The number of benzene rings is 2. The summed E-state index contributed by atoms with van der Waals surface area (Å²) in [5.41, 5.74) is 3.66. The zero-order valence-electron chi connectivity index (χ0n) is 13.4. The fraction of sp³-hybridized carbons (Fsp3) is 0.368. The number of hydrogen-bond acceptors (Lipinski definition) is 3. The van der Waals surface area contributed by atoms with Crippen molar-refractivity contribution in [2.24, 2.45) is 0 Å². The van der Waals surface area contributed by atoms with E-state index in [0.717, 1.165) is 31.1 Å². The maximum atomic E-state index is 9.93. The SMILES string of the molecule is CC(O)N1CCNCC1Cc1ccc(-c2ccc(Cl)cc2)cc1. The molecule has 1 aliphatic heterocycles. The van der Waals surface area contributed by atoms with Crippen molar-refractivity contribution in [1.29, 1.82) is 0 Å². The lowest BCUT2D eigenvalue weighted by atomic mass is 9.99. The van der Waals surface area contributed by atoms with E-state index in [1.54, 1.807) is 0 Å². The molecule has 3 nitrogen and oxygen atoms in total. The standard InChI is InChI=1S/C19H23ClN2O/c1-14(23)22-11-10-21-13-19(22)12-15-2-4-16(5-3-15)17-6-8-18(20)9-7-17/h2-9,14,19,21,23H,10-13H2,1H3. The van der Waals surface area contributed by atoms with Crippen LogP contribution in [0.2, 0.25) is 5.02 Å². The molecule has 23 heavy (non-hydrogen) atoms. The molecule has 1 heterocycles. The van der Waals surface area contributed by atoms with Gasteiger partial charge in [-0.1, -0.05) is 48.0 Å². The summed E-state index contributed by atoms with van der Waals surface area (Å²) in [6.07, 6.45) is 0.550. The molecule has 0 amide bonds. The van der Waals surface area contributed by atoms with Crippen LogP contribution in [0.5, 0.6) is 0 Å². The second-order valence-electron chi connectivity index (χ2n) is 6.14. The lowest BCUT2D eigenvalue weighted by Gasteiger charge is -2.38. The van der Waals surface area contributed by atoms with E-state index in [2.05, 4.69) is 34.5 Å². The van der Waals surface area contributed by atoms with Gasteiger partial charge in [-0.2, -0.15) is 0 Å². The monoisotopic (exact) mass is 330 g/mol.